The van der Waals surface area contributed by atoms with Gasteiger partial charge in [-0.05, 0) is 90.9 Å². The number of aromatic amines is 1. The summed E-state index contributed by atoms with van der Waals surface area (Å²) in [4.78, 5) is 78.0. The number of benzene rings is 3. The van der Waals surface area contributed by atoms with E-state index >= 15 is 0 Å². The molecule has 0 spiro atoms. The summed E-state index contributed by atoms with van der Waals surface area (Å²) < 4.78 is 0. The average molecular weight is 826 g/mol. The van der Waals surface area contributed by atoms with Crippen molar-refractivity contribution in [2.75, 3.05) is 49.9 Å². The number of amides is 4. The molecule has 0 radical (unpaired) electrons. The minimum Gasteiger partial charge on any atom is -0.371 e. The molecule has 1 atom stereocenters. The molecule has 1 aliphatic carbocycles. The number of carbonyl (C=O) groups is 5. The van der Waals surface area contributed by atoms with Crippen molar-refractivity contribution in [3.05, 3.63) is 93.2 Å². The molecular formula is C47H51N7O5S. The maximum atomic E-state index is 14.1. The van der Waals surface area contributed by atoms with Crippen LogP contribution in [0.1, 0.15) is 114 Å². The number of piperazine rings is 1. The number of fused-ring (bicyclic) bond motifs is 5. The van der Waals surface area contributed by atoms with Crippen molar-refractivity contribution in [2.24, 2.45) is 0 Å². The van der Waals surface area contributed by atoms with Gasteiger partial charge in [-0.15, -0.1) is 11.8 Å². The van der Waals surface area contributed by atoms with Crippen LogP contribution in [-0.4, -0.2) is 106 Å². The molecule has 3 saturated heterocycles. The predicted octanol–water partition coefficient (Wildman–Crippen LogP) is 5.92. The van der Waals surface area contributed by atoms with E-state index in [-0.39, 0.29) is 29.9 Å². The highest BCUT2D eigenvalue weighted by molar-refractivity contribution is 7.99. The van der Waals surface area contributed by atoms with Gasteiger partial charge in [-0.1, -0.05) is 32.9 Å². The summed E-state index contributed by atoms with van der Waals surface area (Å²) in [5, 5.41) is 12.7. The van der Waals surface area contributed by atoms with Crippen LogP contribution >= 0.6 is 11.8 Å². The molecule has 5 heterocycles. The van der Waals surface area contributed by atoms with Gasteiger partial charge in [0.2, 0.25) is 17.7 Å². The first-order valence-corrected chi connectivity index (χ1v) is 22.4. The van der Waals surface area contributed by atoms with Gasteiger partial charge in [0.1, 0.15) is 6.04 Å². The van der Waals surface area contributed by atoms with Gasteiger partial charge < -0.3 is 19.7 Å². The largest absolute Gasteiger partial charge is 0.371 e. The number of H-pyrrole nitrogens is 1. The van der Waals surface area contributed by atoms with Gasteiger partial charge in [0.05, 0.1) is 17.2 Å². The Hall–Kier alpha value is -5.45. The fourth-order valence-electron chi connectivity index (χ4n) is 10.2. The first-order valence-electron chi connectivity index (χ1n) is 21.4. The van der Waals surface area contributed by atoms with Crippen molar-refractivity contribution in [3.8, 4) is 6.07 Å². The Morgan fingerprint density at radius 3 is 2.47 bits per heavy atom. The van der Waals surface area contributed by atoms with Crippen LogP contribution in [0.3, 0.4) is 0 Å². The van der Waals surface area contributed by atoms with Crippen molar-refractivity contribution >= 4 is 57.8 Å². The number of rotatable bonds is 9. The van der Waals surface area contributed by atoms with Crippen LogP contribution in [0.5, 0.6) is 0 Å². The second-order valence-electron chi connectivity index (χ2n) is 17.4. The Bertz CT molecular complexity index is 2490. The first kappa shape index (κ1) is 40.0. The summed E-state index contributed by atoms with van der Waals surface area (Å²) in [6.45, 7) is 12.0. The Morgan fingerprint density at radius 1 is 0.950 bits per heavy atom. The molecule has 12 nitrogen and oxygen atoms in total. The van der Waals surface area contributed by atoms with Gasteiger partial charge >= 0.3 is 0 Å². The molecule has 4 amide bonds. The Balaban J connectivity index is 0.766. The number of nitrogens with one attached hydrogen (secondary N) is 2. The van der Waals surface area contributed by atoms with E-state index in [2.05, 4.69) is 59.1 Å². The molecule has 3 aromatic carbocycles. The molecule has 13 heteroatoms. The van der Waals surface area contributed by atoms with E-state index in [4.69, 9.17) is 0 Å². The number of imide groups is 1. The Kier molecular flexibility index (Phi) is 10.6. The summed E-state index contributed by atoms with van der Waals surface area (Å²) in [7, 11) is 0. The highest BCUT2D eigenvalue weighted by atomic mass is 32.2. The van der Waals surface area contributed by atoms with Crippen LogP contribution in [0.25, 0.3) is 10.9 Å². The van der Waals surface area contributed by atoms with Gasteiger partial charge in [-0.2, -0.15) is 5.26 Å². The normalized spacial score (nSPS) is 20.6. The molecule has 60 heavy (non-hydrogen) atoms. The van der Waals surface area contributed by atoms with Crippen LogP contribution in [0.15, 0.2) is 53.4 Å². The first-order chi connectivity index (χ1) is 29.0. The molecule has 0 saturated carbocycles. The summed E-state index contributed by atoms with van der Waals surface area (Å²) in [6, 6.07) is 17.6. The van der Waals surface area contributed by atoms with Gasteiger partial charge in [0, 0.05) is 108 Å². The van der Waals surface area contributed by atoms with Gasteiger partial charge in [-0.25, -0.2) is 0 Å². The lowest BCUT2D eigenvalue weighted by Gasteiger charge is -2.44. The van der Waals surface area contributed by atoms with E-state index in [1.165, 1.54) is 11.3 Å². The van der Waals surface area contributed by atoms with Crippen LogP contribution in [0.4, 0.5) is 5.69 Å². The Morgan fingerprint density at radius 2 is 1.73 bits per heavy atom. The zero-order valence-corrected chi connectivity index (χ0v) is 35.4. The number of thioether (sulfide) groups is 1. The van der Waals surface area contributed by atoms with E-state index < -0.39 is 17.4 Å². The van der Waals surface area contributed by atoms with E-state index in [1.54, 1.807) is 28.8 Å². The van der Waals surface area contributed by atoms with Gasteiger partial charge in [0.15, 0.2) is 5.78 Å². The number of hydrogen-bond donors (Lipinski definition) is 2. The van der Waals surface area contributed by atoms with Crippen molar-refractivity contribution in [2.45, 2.75) is 94.7 Å². The SMILES string of the molecule is CCc1cc2c(cc1N1CCC(N3CCN(C(=O)CCCSc4cccc5c4CN(C4CCC(=O)NC4=O)C5=O)CC3)CC1)C(C)(C)c1[nH]c3cc(C#N)ccc3c1C2=O. The maximum absolute atomic E-state index is 14.1. The third kappa shape index (κ3) is 6.97. The number of anilines is 1. The summed E-state index contributed by atoms with van der Waals surface area (Å²) in [5.74, 6) is 0.102. The quantitative estimate of drug-likeness (QED) is 0.119. The number of aryl methyl sites for hydroxylation is 1. The lowest BCUT2D eigenvalue weighted by molar-refractivity contribution is -0.137. The monoisotopic (exact) mass is 825 g/mol. The fourth-order valence-corrected chi connectivity index (χ4v) is 11.3. The molecule has 1 aromatic heterocycles. The number of ketones is 1. The summed E-state index contributed by atoms with van der Waals surface area (Å²) >= 11 is 1.65. The van der Waals surface area contributed by atoms with E-state index in [0.29, 0.717) is 36.6 Å². The maximum Gasteiger partial charge on any atom is 0.255 e. The zero-order valence-electron chi connectivity index (χ0n) is 34.6. The lowest BCUT2D eigenvalue weighted by Crippen LogP contribution is -2.54. The van der Waals surface area contributed by atoms with Crippen molar-refractivity contribution in [1.29, 1.82) is 5.26 Å². The van der Waals surface area contributed by atoms with Crippen LogP contribution in [-0.2, 0) is 32.8 Å². The topological polar surface area (TPSA) is 150 Å². The summed E-state index contributed by atoms with van der Waals surface area (Å²) in [5.41, 5.74) is 8.34. The number of nitriles is 1. The van der Waals surface area contributed by atoms with Crippen molar-refractivity contribution in [3.63, 3.8) is 0 Å². The van der Waals surface area contributed by atoms with E-state index in [1.807, 2.05) is 29.2 Å². The van der Waals surface area contributed by atoms with Crippen LogP contribution in [0, 0.1) is 11.3 Å². The standard InChI is InChI=1S/C47H51N7O5S/c1-4-29-24-33-35(47(2,3)44-42(43(33)57)32-11-10-28(26-48)23-36(32)49-44)25-38(29)52-16-14-30(15-17-52)51-18-20-53(21-19-51)41(56)9-6-22-60-39-8-5-7-31-34(39)27-54(46(31)59)37-12-13-40(55)50-45(37)58/h5,7-8,10-11,23-25,30,37,49H,4,6,9,12-22,27H2,1-3H3,(H,50,55,58). The third-order valence-electron chi connectivity index (χ3n) is 13.6. The molecule has 4 aliphatic heterocycles. The fraction of sp³-hybridized carbons (Fsp3) is 0.447. The number of aromatic nitrogens is 1. The van der Waals surface area contributed by atoms with Crippen LogP contribution in [0.2, 0.25) is 0 Å². The molecular weight excluding hydrogens is 775 g/mol. The summed E-state index contributed by atoms with van der Waals surface area (Å²) in [6.07, 6.45) is 4.69. The third-order valence-corrected chi connectivity index (χ3v) is 14.8. The molecule has 9 rings (SSSR count). The minimum atomic E-state index is -0.637. The predicted molar refractivity (Wildman–Crippen MR) is 230 cm³/mol. The van der Waals surface area contributed by atoms with Crippen molar-refractivity contribution in [1.82, 2.24) is 25.0 Å². The minimum absolute atomic E-state index is 0.0437. The molecule has 2 N–H and O–H groups in total. The second-order valence-corrected chi connectivity index (χ2v) is 18.5. The lowest BCUT2D eigenvalue weighted by atomic mass is 9.70. The number of hydrogen-bond acceptors (Lipinski definition) is 9. The van der Waals surface area contributed by atoms with E-state index in [0.717, 1.165) is 114 Å². The second kappa shape index (κ2) is 15.9. The smallest absolute Gasteiger partial charge is 0.255 e. The molecule has 4 aromatic rings. The van der Waals surface area contributed by atoms with Gasteiger partial charge in [0.25, 0.3) is 5.91 Å². The number of nitrogens with zero attached hydrogens (tertiary/aromatic N) is 5. The molecule has 3 fully saturated rings. The Labute approximate surface area is 354 Å². The molecule has 1 unspecified atom stereocenters. The van der Waals surface area contributed by atoms with E-state index in [9.17, 15) is 29.2 Å². The van der Waals surface area contributed by atoms with Crippen LogP contribution < -0.4 is 10.2 Å². The molecule has 0 bridgehead atoms. The number of carbonyl (C=O) groups excluding carboxylic acids is 5. The zero-order chi connectivity index (χ0) is 41.9. The number of piperidine rings is 2. The average Bonchev–Trinajstić information content (AvgIpc) is 3.82. The highest BCUT2D eigenvalue weighted by Crippen LogP contribution is 2.46. The van der Waals surface area contributed by atoms with Crippen molar-refractivity contribution < 1.29 is 24.0 Å². The molecule has 5 aliphatic rings. The highest BCUT2D eigenvalue weighted by Gasteiger charge is 2.42. The van der Waals surface area contributed by atoms with Gasteiger partial charge in [-0.3, -0.25) is 34.2 Å². The molecule has 310 valence electrons.